The Kier molecular flexibility index (Phi) is 2.84. The first-order chi connectivity index (χ1) is 6.85. The largest absolute Gasteiger partial charge is 0.333 e. The second kappa shape index (κ2) is 4.11. The lowest BCUT2D eigenvalue weighted by molar-refractivity contribution is 0.152. The van der Waals surface area contributed by atoms with Gasteiger partial charge < -0.3 is 10.3 Å². The zero-order valence-corrected chi connectivity index (χ0v) is 8.69. The molecule has 0 spiro atoms. The van der Waals surface area contributed by atoms with Gasteiger partial charge in [0.15, 0.2) is 0 Å². The number of nitrogens with zero attached hydrogens (tertiary/aromatic N) is 3. The average Bonchev–Trinajstić information content (AvgIpc) is 2.66. The van der Waals surface area contributed by atoms with Crippen molar-refractivity contribution in [3.05, 3.63) is 18.2 Å². The van der Waals surface area contributed by atoms with Crippen molar-refractivity contribution in [3.8, 4) is 0 Å². The smallest absolute Gasteiger partial charge is 0.122 e. The lowest BCUT2D eigenvalue weighted by Gasteiger charge is -2.33. The van der Waals surface area contributed by atoms with Gasteiger partial charge in [-0.2, -0.15) is 0 Å². The van der Waals surface area contributed by atoms with Crippen LogP contribution in [0.5, 0.6) is 0 Å². The van der Waals surface area contributed by atoms with E-state index in [2.05, 4.69) is 27.6 Å². The van der Waals surface area contributed by atoms with Crippen LogP contribution in [0.25, 0.3) is 0 Å². The highest BCUT2D eigenvalue weighted by molar-refractivity contribution is 4.96. The number of rotatable bonds is 3. The van der Waals surface area contributed by atoms with E-state index in [0.717, 1.165) is 32.6 Å². The normalized spacial score (nSPS) is 19.3. The minimum absolute atomic E-state index is 0.514. The van der Waals surface area contributed by atoms with E-state index < -0.39 is 0 Å². The highest BCUT2D eigenvalue weighted by Crippen LogP contribution is 2.14. The summed E-state index contributed by atoms with van der Waals surface area (Å²) < 4.78 is 2.22. The molecule has 1 aromatic heterocycles. The highest BCUT2D eigenvalue weighted by Gasteiger charge is 2.21. The molecule has 0 aromatic carbocycles. The summed E-state index contributed by atoms with van der Waals surface area (Å²) >= 11 is 0. The Bertz CT molecular complexity index is 290. The molecule has 2 N–H and O–H groups in total. The predicted molar refractivity (Wildman–Crippen MR) is 55.8 cm³/mol. The van der Waals surface area contributed by atoms with Crippen molar-refractivity contribution in [3.63, 3.8) is 0 Å². The average molecular weight is 194 g/mol. The van der Waals surface area contributed by atoms with Crippen molar-refractivity contribution in [1.29, 1.82) is 0 Å². The number of fused-ring (bicyclic) bond motifs is 1. The van der Waals surface area contributed by atoms with Crippen molar-refractivity contribution in [2.45, 2.75) is 32.5 Å². The zero-order chi connectivity index (χ0) is 9.97. The van der Waals surface area contributed by atoms with E-state index in [1.807, 2.05) is 6.20 Å². The molecule has 2 rings (SSSR count). The van der Waals surface area contributed by atoms with Gasteiger partial charge in [0, 0.05) is 38.1 Å². The Morgan fingerprint density at radius 1 is 1.57 bits per heavy atom. The Labute approximate surface area is 84.7 Å². The third kappa shape index (κ3) is 1.67. The molecule has 1 aliphatic rings. The Morgan fingerprint density at radius 3 is 3.14 bits per heavy atom. The van der Waals surface area contributed by atoms with Gasteiger partial charge in [-0.05, 0) is 6.42 Å². The van der Waals surface area contributed by atoms with E-state index in [0.29, 0.717) is 6.04 Å². The first kappa shape index (κ1) is 9.68. The topological polar surface area (TPSA) is 47.1 Å². The van der Waals surface area contributed by atoms with E-state index in [4.69, 9.17) is 5.73 Å². The van der Waals surface area contributed by atoms with Crippen LogP contribution >= 0.6 is 0 Å². The predicted octanol–water partition coefficient (Wildman–Crippen LogP) is 0.436. The Balaban J connectivity index is 2.06. The quantitative estimate of drug-likeness (QED) is 0.759. The van der Waals surface area contributed by atoms with Crippen LogP contribution < -0.4 is 5.73 Å². The maximum atomic E-state index is 5.74. The molecule has 0 bridgehead atoms. The van der Waals surface area contributed by atoms with Gasteiger partial charge in [0.1, 0.15) is 5.82 Å². The van der Waals surface area contributed by atoms with Crippen molar-refractivity contribution < 1.29 is 0 Å². The fourth-order valence-electron chi connectivity index (χ4n) is 2.08. The summed E-state index contributed by atoms with van der Waals surface area (Å²) in [6.07, 6.45) is 5.05. The van der Waals surface area contributed by atoms with Crippen LogP contribution in [-0.2, 0) is 13.1 Å². The van der Waals surface area contributed by atoms with E-state index in [9.17, 15) is 0 Å². The van der Waals surface area contributed by atoms with E-state index in [1.54, 1.807) is 0 Å². The summed E-state index contributed by atoms with van der Waals surface area (Å²) in [6.45, 7) is 6.03. The van der Waals surface area contributed by atoms with Crippen LogP contribution in [0.2, 0.25) is 0 Å². The van der Waals surface area contributed by atoms with Crippen LogP contribution in [0.4, 0.5) is 0 Å². The SMILES string of the molecule is CCC(CN)N1CCn2ccnc2C1. The number of hydrogen-bond acceptors (Lipinski definition) is 3. The summed E-state index contributed by atoms with van der Waals surface area (Å²) in [5.74, 6) is 1.17. The summed E-state index contributed by atoms with van der Waals surface area (Å²) in [4.78, 5) is 6.77. The van der Waals surface area contributed by atoms with E-state index >= 15 is 0 Å². The fourth-order valence-corrected chi connectivity index (χ4v) is 2.08. The molecule has 1 atom stereocenters. The van der Waals surface area contributed by atoms with E-state index in [-0.39, 0.29) is 0 Å². The van der Waals surface area contributed by atoms with Gasteiger partial charge in [-0.1, -0.05) is 6.92 Å². The van der Waals surface area contributed by atoms with Crippen molar-refractivity contribution in [2.75, 3.05) is 13.1 Å². The molecular formula is C10H18N4. The van der Waals surface area contributed by atoms with Gasteiger partial charge in [0.25, 0.3) is 0 Å². The van der Waals surface area contributed by atoms with Crippen molar-refractivity contribution >= 4 is 0 Å². The molecule has 4 nitrogen and oxygen atoms in total. The van der Waals surface area contributed by atoms with Gasteiger partial charge in [0.2, 0.25) is 0 Å². The van der Waals surface area contributed by atoms with Crippen LogP contribution in [0, 0.1) is 0 Å². The maximum absolute atomic E-state index is 5.74. The minimum atomic E-state index is 0.514. The maximum Gasteiger partial charge on any atom is 0.122 e. The van der Waals surface area contributed by atoms with Gasteiger partial charge in [-0.3, -0.25) is 4.90 Å². The van der Waals surface area contributed by atoms with Gasteiger partial charge in [-0.15, -0.1) is 0 Å². The number of aromatic nitrogens is 2. The highest BCUT2D eigenvalue weighted by atomic mass is 15.3. The third-order valence-electron chi connectivity index (χ3n) is 3.03. The zero-order valence-electron chi connectivity index (χ0n) is 8.69. The minimum Gasteiger partial charge on any atom is -0.333 e. The molecule has 1 aliphatic heterocycles. The van der Waals surface area contributed by atoms with Crippen LogP contribution in [-0.4, -0.2) is 33.6 Å². The second-order valence-electron chi connectivity index (χ2n) is 3.81. The van der Waals surface area contributed by atoms with E-state index in [1.165, 1.54) is 5.82 Å². The first-order valence-corrected chi connectivity index (χ1v) is 5.29. The Morgan fingerprint density at radius 2 is 2.43 bits per heavy atom. The molecular weight excluding hydrogens is 176 g/mol. The summed E-state index contributed by atoms with van der Waals surface area (Å²) in [5, 5.41) is 0. The summed E-state index contributed by atoms with van der Waals surface area (Å²) in [5.41, 5.74) is 5.74. The summed E-state index contributed by atoms with van der Waals surface area (Å²) in [6, 6.07) is 0.514. The molecule has 0 saturated heterocycles. The molecule has 78 valence electrons. The van der Waals surface area contributed by atoms with Gasteiger partial charge in [0.05, 0.1) is 6.54 Å². The Hall–Kier alpha value is -0.870. The number of nitrogens with two attached hydrogens (primary N) is 1. The van der Waals surface area contributed by atoms with Crippen LogP contribution in [0.3, 0.4) is 0 Å². The standard InChI is InChI=1S/C10H18N4/c1-2-9(7-11)14-6-5-13-4-3-12-10(13)8-14/h3-4,9H,2,5-8,11H2,1H3. The molecule has 14 heavy (non-hydrogen) atoms. The van der Waals surface area contributed by atoms with Crippen LogP contribution in [0.15, 0.2) is 12.4 Å². The molecule has 0 aliphatic carbocycles. The fraction of sp³-hybridized carbons (Fsp3) is 0.700. The molecule has 2 heterocycles. The monoisotopic (exact) mass is 194 g/mol. The van der Waals surface area contributed by atoms with Gasteiger partial charge >= 0.3 is 0 Å². The first-order valence-electron chi connectivity index (χ1n) is 5.29. The molecule has 0 fully saturated rings. The molecule has 0 radical (unpaired) electrons. The second-order valence-corrected chi connectivity index (χ2v) is 3.81. The number of hydrogen-bond donors (Lipinski definition) is 1. The lowest BCUT2D eigenvalue weighted by atomic mass is 10.1. The third-order valence-corrected chi connectivity index (χ3v) is 3.03. The van der Waals surface area contributed by atoms with Crippen LogP contribution in [0.1, 0.15) is 19.2 Å². The van der Waals surface area contributed by atoms with Crippen molar-refractivity contribution in [1.82, 2.24) is 14.5 Å². The molecule has 1 aromatic rings. The molecule has 1 unspecified atom stereocenters. The molecule has 0 saturated carbocycles. The van der Waals surface area contributed by atoms with Gasteiger partial charge in [-0.25, -0.2) is 4.98 Å². The lowest BCUT2D eigenvalue weighted by Crippen LogP contribution is -2.44. The summed E-state index contributed by atoms with van der Waals surface area (Å²) in [7, 11) is 0. The number of imidazole rings is 1. The molecule has 0 amide bonds. The molecule has 4 heteroatoms. The van der Waals surface area contributed by atoms with Crippen molar-refractivity contribution in [2.24, 2.45) is 5.73 Å².